The summed E-state index contributed by atoms with van der Waals surface area (Å²) in [7, 11) is -4.80. The number of hydrogen-bond donors (Lipinski definition) is 2. The molecule has 1 heterocycles. The number of phosphoric ester groups is 1. The third-order valence-corrected chi connectivity index (χ3v) is 8.70. The van der Waals surface area contributed by atoms with Gasteiger partial charge in [0.2, 0.25) is 0 Å². The van der Waals surface area contributed by atoms with Crippen LogP contribution in [0.2, 0.25) is 0 Å². The highest BCUT2D eigenvalue weighted by atomic mass is 31.2. The van der Waals surface area contributed by atoms with Gasteiger partial charge in [0.25, 0.3) is 0 Å². The molecule has 0 aromatic heterocycles. The van der Waals surface area contributed by atoms with E-state index in [4.69, 9.17) is 24.0 Å². The third kappa shape index (κ3) is 34.9. The maximum absolute atomic E-state index is 12.4. The average Bonchev–Trinajstić information content (AvgIpc) is 3.91. The molecule has 0 aliphatic carbocycles. The molecule has 0 radical (unpaired) electrons. The minimum absolute atomic E-state index is 0.0633. The van der Waals surface area contributed by atoms with Crippen LogP contribution < -0.4 is 0 Å². The summed E-state index contributed by atoms with van der Waals surface area (Å²) in [4.78, 5) is 42.9. The largest absolute Gasteiger partial charge is 0.469 e. The number of phosphoric acid groups is 1. The second-order valence-electron chi connectivity index (χ2n) is 13.3. The molecule has 1 fully saturated rings. The molecule has 0 saturated carbocycles. The van der Waals surface area contributed by atoms with E-state index < -0.39 is 32.5 Å². The Morgan fingerprint density at radius 2 is 1.11 bits per heavy atom. The van der Waals surface area contributed by atoms with Crippen LogP contribution >= 0.6 is 7.82 Å². The van der Waals surface area contributed by atoms with Crippen LogP contribution in [0.15, 0.2) is 109 Å². The molecule has 1 aliphatic rings. The van der Waals surface area contributed by atoms with Gasteiger partial charge in [0.15, 0.2) is 6.10 Å². The molecular weight excluding hydrogens is 715 g/mol. The van der Waals surface area contributed by atoms with Crippen LogP contribution in [-0.2, 0) is 32.9 Å². The molecule has 3 atom stereocenters. The molecule has 0 spiro atoms. The van der Waals surface area contributed by atoms with E-state index in [1.54, 1.807) is 0 Å². The highest BCUT2D eigenvalue weighted by Gasteiger charge is 2.36. The molecule has 0 bridgehead atoms. The molecule has 1 saturated heterocycles. The van der Waals surface area contributed by atoms with Gasteiger partial charge in [-0.1, -0.05) is 136 Å². The highest BCUT2D eigenvalue weighted by molar-refractivity contribution is 7.46. The van der Waals surface area contributed by atoms with E-state index in [1.807, 2.05) is 12.2 Å². The van der Waals surface area contributed by atoms with Crippen LogP contribution in [0.25, 0.3) is 0 Å². The Balaban J connectivity index is 2.20. The standard InChI is InChI=1S/C45H69O9P/c1-3-5-7-9-11-13-15-17-18-19-20-21-22-23-25-27-29-31-33-37-45(47)53-41(40-52-55(48,49)50)39-51-44(46)38-34-36-43-42(54-43)35-32-30-28-26-24-16-14-12-10-8-6-4-2/h5,7,11-14,17-18,20-21,23-26,29-32,41-43H,3-4,6,8-10,15-16,19,22,27-28,33-40H2,1-2H3,(H2,48,49,50)/b7-5-,13-11-,14-12-,18-17-,21-20-,25-23-,26-24-,31-29-,32-30-/t41-,42?,43?/m1/s1. The van der Waals surface area contributed by atoms with Gasteiger partial charge in [0.05, 0.1) is 18.8 Å². The second-order valence-corrected chi connectivity index (χ2v) is 14.5. The molecule has 0 amide bonds. The summed E-state index contributed by atoms with van der Waals surface area (Å²) < 4.78 is 32.0. The molecule has 308 valence electrons. The van der Waals surface area contributed by atoms with Crippen molar-refractivity contribution in [2.45, 2.75) is 148 Å². The summed E-state index contributed by atoms with van der Waals surface area (Å²) in [6.07, 6.45) is 52.7. The van der Waals surface area contributed by atoms with E-state index in [0.29, 0.717) is 12.8 Å². The van der Waals surface area contributed by atoms with Crippen LogP contribution in [0.5, 0.6) is 0 Å². The summed E-state index contributed by atoms with van der Waals surface area (Å²) >= 11 is 0. The summed E-state index contributed by atoms with van der Waals surface area (Å²) in [5.41, 5.74) is 0. The van der Waals surface area contributed by atoms with E-state index >= 15 is 0 Å². The molecule has 10 heteroatoms. The molecule has 0 aromatic rings. The molecule has 55 heavy (non-hydrogen) atoms. The lowest BCUT2D eigenvalue weighted by atomic mass is 10.1. The average molecular weight is 785 g/mol. The maximum atomic E-state index is 12.4. The van der Waals surface area contributed by atoms with Crippen molar-refractivity contribution in [2.75, 3.05) is 13.2 Å². The zero-order valence-corrected chi connectivity index (χ0v) is 34.4. The predicted octanol–water partition coefficient (Wildman–Crippen LogP) is 11.4. The van der Waals surface area contributed by atoms with Gasteiger partial charge in [-0.05, 0) is 89.9 Å². The van der Waals surface area contributed by atoms with Gasteiger partial charge >= 0.3 is 19.8 Å². The maximum Gasteiger partial charge on any atom is 0.469 e. The van der Waals surface area contributed by atoms with Crippen molar-refractivity contribution < 1.29 is 42.7 Å². The van der Waals surface area contributed by atoms with Crippen molar-refractivity contribution in [3.8, 4) is 0 Å². The first kappa shape index (κ1) is 49.7. The van der Waals surface area contributed by atoms with Gasteiger partial charge in [0, 0.05) is 12.8 Å². The first-order chi connectivity index (χ1) is 26.7. The monoisotopic (exact) mass is 784 g/mol. The third-order valence-electron chi connectivity index (χ3n) is 8.21. The number of epoxide rings is 1. The fourth-order valence-corrected chi connectivity index (χ4v) is 5.49. The Morgan fingerprint density at radius 1 is 0.600 bits per heavy atom. The van der Waals surface area contributed by atoms with Crippen molar-refractivity contribution in [1.82, 2.24) is 0 Å². The number of allylic oxidation sites excluding steroid dienone is 17. The Labute approximate surface area is 331 Å². The summed E-state index contributed by atoms with van der Waals surface area (Å²) in [5.74, 6) is -1.07. The minimum atomic E-state index is -4.80. The predicted molar refractivity (Wildman–Crippen MR) is 224 cm³/mol. The fourth-order valence-electron chi connectivity index (χ4n) is 5.13. The summed E-state index contributed by atoms with van der Waals surface area (Å²) in [6.45, 7) is 3.39. The quantitative estimate of drug-likeness (QED) is 0.0215. The van der Waals surface area contributed by atoms with Crippen LogP contribution in [0.1, 0.15) is 129 Å². The van der Waals surface area contributed by atoms with Gasteiger partial charge in [0.1, 0.15) is 6.61 Å². The Morgan fingerprint density at radius 3 is 1.64 bits per heavy atom. The molecular formula is C45H69O9P. The van der Waals surface area contributed by atoms with E-state index in [1.165, 1.54) is 19.3 Å². The molecule has 1 aliphatic heterocycles. The molecule has 9 nitrogen and oxygen atoms in total. The molecule has 1 rings (SSSR count). The van der Waals surface area contributed by atoms with Crippen LogP contribution in [-0.4, -0.2) is 53.3 Å². The van der Waals surface area contributed by atoms with Gasteiger partial charge in [-0.25, -0.2) is 4.57 Å². The topological polar surface area (TPSA) is 132 Å². The molecule has 2 N–H and O–H groups in total. The number of rotatable bonds is 34. The zero-order chi connectivity index (χ0) is 40.1. The lowest BCUT2D eigenvalue weighted by Gasteiger charge is -2.18. The van der Waals surface area contributed by atoms with Gasteiger partial charge in [-0.15, -0.1) is 0 Å². The summed E-state index contributed by atoms with van der Waals surface area (Å²) in [5, 5.41) is 0. The fraction of sp³-hybridized carbons (Fsp3) is 0.556. The summed E-state index contributed by atoms with van der Waals surface area (Å²) in [6, 6.07) is 0. The first-order valence-corrected chi connectivity index (χ1v) is 21.8. The number of unbranched alkanes of at least 4 members (excludes halogenated alkanes) is 3. The normalized spacial score (nSPS) is 17.3. The van der Waals surface area contributed by atoms with Crippen LogP contribution in [0.3, 0.4) is 0 Å². The number of carbonyl (C=O) groups is 2. The Hall–Kier alpha value is -3.33. The smallest absolute Gasteiger partial charge is 0.462 e. The van der Waals surface area contributed by atoms with Gasteiger partial charge < -0.3 is 24.0 Å². The van der Waals surface area contributed by atoms with Crippen molar-refractivity contribution in [3.63, 3.8) is 0 Å². The SMILES string of the molecule is CC/C=C\C/C=C\C/C=C\C/C=C\C/C=C\C/C=C\CCC(=O)O[C@H](COC(=O)CCCC1OC1C/C=C\C/C=C\C/C=C\CCCCC)COP(=O)(O)O. The van der Waals surface area contributed by atoms with Crippen LogP contribution in [0, 0.1) is 0 Å². The van der Waals surface area contributed by atoms with E-state index in [-0.39, 0.29) is 31.7 Å². The van der Waals surface area contributed by atoms with Crippen molar-refractivity contribution in [3.05, 3.63) is 109 Å². The lowest BCUT2D eigenvalue weighted by molar-refractivity contribution is -0.161. The van der Waals surface area contributed by atoms with Crippen molar-refractivity contribution >= 4 is 19.8 Å². The zero-order valence-electron chi connectivity index (χ0n) is 33.5. The number of esters is 2. The highest BCUT2D eigenvalue weighted by Crippen LogP contribution is 2.36. The molecule has 0 aromatic carbocycles. The Kier molecular flexibility index (Phi) is 31.7. The van der Waals surface area contributed by atoms with Gasteiger partial charge in [-0.2, -0.15) is 0 Å². The van der Waals surface area contributed by atoms with E-state index in [0.717, 1.165) is 70.6 Å². The van der Waals surface area contributed by atoms with Crippen molar-refractivity contribution in [1.29, 1.82) is 0 Å². The first-order valence-electron chi connectivity index (χ1n) is 20.3. The number of carbonyl (C=O) groups excluding carboxylic acids is 2. The lowest BCUT2D eigenvalue weighted by Crippen LogP contribution is -2.29. The second kappa shape index (κ2) is 35.1. The van der Waals surface area contributed by atoms with E-state index in [9.17, 15) is 14.2 Å². The molecule has 2 unspecified atom stereocenters. The number of hydrogen-bond acceptors (Lipinski definition) is 7. The Bertz CT molecular complexity index is 1320. The van der Waals surface area contributed by atoms with Crippen molar-refractivity contribution in [2.24, 2.45) is 0 Å². The van der Waals surface area contributed by atoms with E-state index in [2.05, 4.69) is 116 Å². The van der Waals surface area contributed by atoms with Crippen LogP contribution in [0.4, 0.5) is 0 Å². The minimum Gasteiger partial charge on any atom is -0.462 e. The van der Waals surface area contributed by atoms with Gasteiger partial charge in [-0.3, -0.25) is 14.1 Å². The number of ether oxygens (including phenoxy) is 3.